The molecule has 0 fully saturated rings. The summed E-state index contributed by atoms with van der Waals surface area (Å²) in [7, 11) is 1.67. The van der Waals surface area contributed by atoms with E-state index in [4.69, 9.17) is 9.26 Å². The number of aryl methyl sites for hydroxylation is 2. The van der Waals surface area contributed by atoms with E-state index in [2.05, 4.69) is 21.1 Å². The number of nitrogens with one attached hydrogen (secondary N) is 3. The van der Waals surface area contributed by atoms with Gasteiger partial charge in [0.15, 0.2) is 11.5 Å². The summed E-state index contributed by atoms with van der Waals surface area (Å²) in [5, 5.41) is 22.0. The smallest absolute Gasteiger partial charge is 0.323 e. The molecule has 1 aromatic carbocycles. The van der Waals surface area contributed by atoms with E-state index in [1.165, 1.54) is 4.90 Å². The van der Waals surface area contributed by atoms with Gasteiger partial charge in [-0.3, -0.25) is 4.79 Å². The number of likely N-dealkylation sites (N-methyl/N-ethyl adjacent to an activating group) is 1. The number of nitrogens with zero attached hydrogens (tertiary/aromatic N) is 3. The molecule has 0 spiro atoms. The average molecular weight is 531 g/mol. The first-order chi connectivity index (χ1) is 17.9. The number of aliphatic hydroxyl groups is 1. The van der Waals surface area contributed by atoms with E-state index in [1.54, 1.807) is 50.9 Å². The lowest BCUT2D eigenvalue weighted by atomic mass is 9.99. The Labute approximate surface area is 222 Å². The highest BCUT2D eigenvalue weighted by atomic mass is 16.5. The normalized spacial score (nSPS) is 18.1. The van der Waals surface area contributed by atoms with Crippen LogP contribution in [-0.2, 0) is 0 Å². The molecule has 1 aliphatic rings. The Kier molecular flexibility index (Phi) is 9.21. The third kappa shape index (κ3) is 6.55. The second kappa shape index (κ2) is 12.2. The summed E-state index contributed by atoms with van der Waals surface area (Å²) >= 11 is 0. The molecule has 3 atom stereocenters. The highest BCUT2D eigenvalue weighted by molar-refractivity contribution is 6.04. The van der Waals surface area contributed by atoms with Crippen molar-refractivity contribution in [3.63, 3.8) is 0 Å². The van der Waals surface area contributed by atoms with Crippen LogP contribution in [-0.4, -0.2) is 83.0 Å². The third-order valence-corrected chi connectivity index (χ3v) is 6.42. The van der Waals surface area contributed by atoms with E-state index in [9.17, 15) is 19.5 Å². The van der Waals surface area contributed by atoms with Crippen molar-refractivity contribution in [3.05, 3.63) is 35.2 Å². The first-order valence-corrected chi connectivity index (χ1v) is 12.7. The number of rotatable bonds is 7. The molecule has 5 amide bonds. The van der Waals surface area contributed by atoms with Gasteiger partial charge in [-0.15, -0.1) is 0 Å². The molecule has 12 heteroatoms. The Hall–Kier alpha value is -3.80. The Morgan fingerprint density at radius 1 is 1.24 bits per heavy atom. The summed E-state index contributed by atoms with van der Waals surface area (Å²) in [6.07, 6.45) is -0.522. The highest BCUT2D eigenvalue weighted by Crippen LogP contribution is 2.35. The van der Waals surface area contributed by atoms with E-state index >= 15 is 0 Å². The molecule has 0 aliphatic carbocycles. The van der Waals surface area contributed by atoms with Gasteiger partial charge < -0.3 is 40.1 Å². The standard InChI is InChI=1S/C26H38N6O6/c1-14(2)27-26(36)31(7)12-21-15(3)11-32(16(4)13-33)24(34)19-9-8-10-20(23(19)37-21)28-25(35)29-22-17(5)30-38-18(22)6/h8-10,14-16,21,33H,11-13H2,1-7H3,(H,27,36)(H2,28,29,35)/t15-,16+,21-/m1/s1. The number of aliphatic hydroxyl groups excluding tert-OH is 1. The van der Waals surface area contributed by atoms with Gasteiger partial charge >= 0.3 is 12.1 Å². The summed E-state index contributed by atoms with van der Waals surface area (Å²) in [5.41, 5.74) is 1.50. The van der Waals surface area contributed by atoms with Crippen LogP contribution in [0.15, 0.2) is 22.7 Å². The lowest BCUT2D eigenvalue weighted by molar-refractivity contribution is 0.0368. The van der Waals surface area contributed by atoms with E-state index in [1.807, 2.05) is 20.8 Å². The van der Waals surface area contributed by atoms with Crippen LogP contribution in [0.2, 0.25) is 0 Å². The van der Waals surface area contributed by atoms with E-state index in [-0.39, 0.29) is 54.1 Å². The largest absolute Gasteiger partial charge is 0.485 e. The van der Waals surface area contributed by atoms with E-state index in [0.29, 0.717) is 23.7 Å². The van der Waals surface area contributed by atoms with Gasteiger partial charge in [0, 0.05) is 25.6 Å². The van der Waals surface area contributed by atoms with Gasteiger partial charge in [0.05, 0.1) is 30.4 Å². The van der Waals surface area contributed by atoms with Crippen LogP contribution >= 0.6 is 0 Å². The van der Waals surface area contributed by atoms with Gasteiger partial charge in [-0.2, -0.15) is 0 Å². The molecule has 2 aromatic rings. The predicted octanol–water partition coefficient (Wildman–Crippen LogP) is 3.21. The molecule has 2 heterocycles. The molecule has 1 aromatic heterocycles. The van der Waals surface area contributed by atoms with Crippen LogP contribution < -0.4 is 20.7 Å². The Bertz CT molecular complexity index is 1150. The first kappa shape index (κ1) is 28.8. The molecule has 0 unspecified atom stereocenters. The van der Waals surface area contributed by atoms with Crippen LogP contribution in [0.25, 0.3) is 0 Å². The molecule has 3 rings (SSSR count). The van der Waals surface area contributed by atoms with Gasteiger partial charge in [0.1, 0.15) is 17.5 Å². The van der Waals surface area contributed by atoms with Gasteiger partial charge in [-0.05, 0) is 46.8 Å². The van der Waals surface area contributed by atoms with Gasteiger partial charge in [0.25, 0.3) is 5.91 Å². The molecule has 12 nitrogen and oxygen atoms in total. The second-order valence-corrected chi connectivity index (χ2v) is 10.1. The number of fused-ring (bicyclic) bond motifs is 1. The van der Waals surface area contributed by atoms with Crippen LogP contribution in [0.3, 0.4) is 0 Å². The maximum atomic E-state index is 13.6. The van der Waals surface area contributed by atoms with E-state index in [0.717, 1.165) is 0 Å². The summed E-state index contributed by atoms with van der Waals surface area (Å²) in [6.45, 7) is 11.2. The maximum absolute atomic E-state index is 13.6. The van der Waals surface area contributed by atoms with Crippen molar-refractivity contribution < 1.29 is 28.8 Å². The summed E-state index contributed by atoms with van der Waals surface area (Å²) in [4.78, 5) is 42.2. The van der Waals surface area contributed by atoms with E-state index < -0.39 is 18.2 Å². The van der Waals surface area contributed by atoms with Crippen molar-refractivity contribution in [2.24, 2.45) is 5.92 Å². The summed E-state index contributed by atoms with van der Waals surface area (Å²) < 4.78 is 11.5. The average Bonchev–Trinajstić information content (AvgIpc) is 3.17. The number of carbonyl (C=O) groups excluding carboxylic acids is 3. The predicted molar refractivity (Wildman–Crippen MR) is 143 cm³/mol. The van der Waals surface area contributed by atoms with Crippen LogP contribution in [0, 0.1) is 19.8 Å². The lowest BCUT2D eigenvalue weighted by Crippen LogP contribution is -2.51. The van der Waals surface area contributed by atoms with Crippen LogP contribution in [0.4, 0.5) is 21.0 Å². The number of ether oxygens (including phenoxy) is 1. The quantitative estimate of drug-likeness (QED) is 0.429. The molecule has 4 N–H and O–H groups in total. The molecule has 208 valence electrons. The third-order valence-electron chi connectivity index (χ3n) is 6.42. The fourth-order valence-corrected chi connectivity index (χ4v) is 4.20. The van der Waals surface area contributed by atoms with Crippen molar-refractivity contribution >= 4 is 29.3 Å². The highest BCUT2D eigenvalue weighted by Gasteiger charge is 2.35. The number of amides is 5. The van der Waals surface area contributed by atoms with Crippen molar-refractivity contribution in [1.82, 2.24) is 20.3 Å². The Morgan fingerprint density at radius 2 is 1.95 bits per heavy atom. The number of anilines is 2. The molecule has 0 bridgehead atoms. The Balaban J connectivity index is 1.97. The minimum Gasteiger partial charge on any atom is -0.485 e. The number of aromatic nitrogens is 1. The SMILES string of the molecule is Cc1noc(C)c1NC(=O)Nc1cccc2c1O[C@H](CN(C)C(=O)NC(C)C)[C@H](C)CN([C@@H](C)CO)C2=O. The summed E-state index contributed by atoms with van der Waals surface area (Å²) in [6, 6.07) is 3.61. The molecule has 0 radical (unpaired) electrons. The molecule has 38 heavy (non-hydrogen) atoms. The number of hydrogen-bond acceptors (Lipinski definition) is 7. The van der Waals surface area contributed by atoms with Crippen molar-refractivity contribution in [1.29, 1.82) is 0 Å². The van der Waals surface area contributed by atoms with Crippen molar-refractivity contribution in [2.75, 3.05) is 37.4 Å². The number of hydrogen-bond donors (Lipinski definition) is 4. The number of para-hydroxylation sites is 1. The van der Waals surface area contributed by atoms with Gasteiger partial charge in [-0.1, -0.05) is 18.1 Å². The summed E-state index contributed by atoms with van der Waals surface area (Å²) in [5.74, 6) is 0.112. The zero-order valence-electron chi connectivity index (χ0n) is 23.0. The van der Waals surface area contributed by atoms with Crippen molar-refractivity contribution in [3.8, 4) is 5.75 Å². The fourth-order valence-electron chi connectivity index (χ4n) is 4.20. The number of carbonyl (C=O) groups is 3. The lowest BCUT2D eigenvalue weighted by Gasteiger charge is -2.38. The molecule has 0 saturated heterocycles. The molecule has 1 aliphatic heterocycles. The zero-order chi connectivity index (χ0) is 28.1. The van der Waals surface area contributed by atoms with Gasteiger partial charge in [0.2, 0.25) is 0 Å². The zero-order valence-corrected chi connectivity index (χ0v) is 23.0. The monoisotopic (exact) mass is 530 g/mol. The van der Waals surface area contributed by atoms with Crippen LogP contribution in [0.1, 0.15) is 49.5 Å². The maximum Gasteiger partial charge on any atom is 0.323 e. The number of benzene rings is 1. The van der Waals surface area contributed by atoms with Crippen molar-refractivity contribution in [2.45, 2.75) is 59.7 Å². The second-order valence-electron chi connectivity index (χ2n) is 10.1. The molecule has 0 saturated carbocycles. The molecular formula is C26H38N6O6. The first-order valence-electron chi connectivity index (χ1n) is 12.7. The van der Waals surface area contributed by atoms with Gasteiger partial charge in [-0.25, -0.2) is 9.59 Å². The topological polar surface area (TPSA) is 149 Å². The minimum atomic E-state index is -0.565. The Morgan fingerprint density at radius 3 is 2.55 bits per heavy atom. The molecular weight excluding hydrogens is 492 g/mol. The number of urea groups is 2. The van der Waals surface area contributed by atoms with Crippen LogP contribution in [0.5, 0.6) is 5.75 Å². The fraction of sp³-hybridized carbons (Fsp3) is 0.538. The minimum absolute atomic E-state index is 0.0353.